The number of para-hydroxylation sites is 1. The van der Waals surface area contributed by atoms with Crippen LogP contribution < -0.4 is 10.9 Å². The van der Waals surface area contributed by atoms with Gasteiger partial charge in [-0.1, -0.05) is 32.0 Å². The van der Waals surface area contributed by atoms with Crippen LogP contribution in [0.15, 0.2) is 53.3 Å². The topological polar surface area (TPSA) is 97.6 Å². The monoisotopic (exact) mass is 408 g/mol. The van der Waals surface area contributed by atoms with E-state index in [9.17, 15) is 19.5 Å². The van der Waals surface area contributed by atoms with Gasteiger partial charge in [0, 0.05) is 17.6 Å². The number of nitrogens with one attached hydrogen (secondary N) is 1. The number of carbonyl (C=O) groups is 2. The number of hydrogen-bond donors (Lipinski definition) is 2. The molecule has 30 heavy (non-hydrogen) atoms. The Kier molecular flexibility index (Phi) is 6.51. The molecule has 2 aromatic carbocycles. The van der Waals surface area contributed by atoms with E-state index in [0.29, 0.717) is 41.7 Å². The van der Waals surface area contributed by atoms with Crippen molar-refractivity contribution in [2.24, 2.45) is 0 Å². The zero-order valence-electron chi connectivity index (χ0n) is 17.0. The van der Waals surface area contributed by atoms with E-state index in [1.807, 2.05) is 13.8 Å². The smallest absolute Gasteiger partial charge is 0.338 e. The third kappa shape index (κ3) is 4.20. The highest BCUT2D eigenvalue weighted by atomic mass is 16.5. The Bertz CT molecular complexity index is 1130. The minimum absolute atomic E-state index is 0.0746. The molecule has 0 spiro atoms. The SMILES string of the molecule is CCCOC(=O)c1ccc(NC(=O)c2c(O)c(=O)n(CCC)c3ccccc23)cc1. The summed E-state index contributed by atoms with van der Waals surface area (Å²) in [5, 5.41) is 13.7. The van der Waals surface area contributed by atoms with Crippen LogP contribution in [-0.2, 0) is 11.3 Å². The normalized spacial score (nSPS) is 10.7. The van der Waals surface area contributed by atoms with Crippen LogP contribution in [0.25, 0.3) is 10.9 Å². The summed E-state index contributed by atoms with van der Waals surface area (Å²) in [6, 6.07) is 13.2. The maximum absolute atomic E-state index is 12.9. The van der Waals surface area contributed by atoms with Crippen LogP contribution in [0.5, 0.6) is 5.75 Å². The average Bonchev–Trinajstić information content (AvgIpc) is 2.76. The van der Waals surface area contributed by atoms with E-state index >= 15 is 0 Å². The molecule has 3 rings (SSSR count). The van der Waals surface area contributed by atoms with Gasteiger partial charge >= 0.3 is 5.97 Å². The number of amides is 1. The molecule has 0 aliphatic rings. The zero-order chi connectivity index (χ0) is 21.7. The number of ether oxygens (including phenoxy) is 1. The van der Waals surface area contributed by atoms with Crippen LogP contribution >= 0.6 is 0 Å². The van der Waals surface area contributed by atoms with E-state index in [0.717, 1.165) is 6.42 Å². The summed E-state index contributed by atoms with van der Waals surface area (Å²) in [7, 11) is 0. The average molecular weight is 408 g/mol. The van der Waals surface area contributed by atoms with Crippen molar-refractivity contribution in [2.45, 2.75) is 33.2 Å². The fraction of sp³-hybridized carbons (Fsp3) is 0.261. The van der Waals surface area contributed by atoms with Crippen molar-refractivity contribution in [3.8, 4) is 5.75 Å². The highest BCUT2D eigenvalue weighted by Gasteiger charge is 2.21. The van der Waals surface area contributed by atoms with Gasteiger partial charge in [0.05, 0.1) is 23.3 Å². The van der Waals surface area contributed by atoms with E-state index in [1.54, 1.807) is 48.5 Å². The Hall–Kier alpha value is -3.61. The molecule has 1 heterocycles. The Morgan fingerprint density at radius 1 is 1.03 bits per heavy atom. The number of fused-ring (bicyclic) bond motifs is 1. The Morgan fingerprint density at radius 2 is 1.73 bits per heavy atom. The summed E-state index contributed by atoms with van der Waals surface area (Å²) in [4.78, 5) is 37.5. The highest BCUT2D eigenvalue weighted by molar-refractivity contribution is 6.14. The first-order valence-electron chi connectivity index (χ1n) is 9.91. The lowest BCUT2D eigenvalue weighted by Crippen LogP contribution is -2.24. The molecule has 1 amide bonds. The van der Waals surface area contributed by atoms with Crippen molar-refractivity contribution in [3.63, 3.8) is 0 Å². The third-order valence-corrected chi connectivity index (χ3v) is 4.64. The van der Waals surface area contributed by atoms with Crippen LogP contribution in [0.3, 0.4) is 0 Å². The summed E-state index contributed by atoms with van der Waals surface area (Å²) in [6.07, 6.45) is 1.44. The number of hydrogen-bond acceptors (Lipinski definition) is 5. The quantitative estimate of drug-likeness (QED) is 0.577. The molecule has 0 radical (unpaired) electrons. The third-order valence-electron chi connectivity index (χ3n) is 4.64. The van der Waals surface area contributed by atoms with Gasteiger partial charge in [-0.25, -0.2) is 4.79 Å². The number of aromatic hydroxyl groups is 1. The standard InChI is InChI=1S/C23H24N2O5/c1-3-13-25-18-8-6-5-7-17(18)19(20(26)22(25)28)21(27)24-16-11-9-15(10-12-16)23(29)30-14-4-2/h5-12,26H,3-4,13-14H2,1-2H3,(H,24,27). The number of nitrogens with zero attached hydrogens (tertiary/aromatic N) is 1. The number of pyridine rings is 1. The van der Waals surface area contributed by atoms with Gasteiger partial charge in [0.25, 0.3) is 11.5 Å². The number of esters is 1. The summed E-state index contributed by atoms with van der Waals surface area (Å²) in [6.45, 7) is 4.61. The first-order chi connectivity index (χ1) is 14.5. The molecule has 0 saturated carbocycles. The molecule has 0 bridgehead atoms. The van der Waals surface area contributed by atoms with Gasteiger partial charge < -0.3 is 19.7 Å². The van der Waals surface area contributed by atoms with Gasteiger partial charge in [-0.15, -0.1) is 0 Å². The van der Waals surface area contributed by atoms with Gasteiger partial charge in [0.2, 0.25) is 0 Å². The highest BCUT2D eigenvalue weighted by Crippen LogP contribution is 2.25. The zero-order valence-corrected chi connectivity index (χ0v) is 17.0. The fourth-order valence-corrected chi connectivity index (χ4v) is 3.23. The molecule has 0 aliphatic carbocycles. The van der Waals surface area contributed by atoms with Gasteiger partial charge in [-0.2, -0.15) is 0 Å². The molecule has 3 aromatic rings. The molecular weight excluding hydrogens is 384 g/mol. The number of carbonyl (C=O) groups excluding carboxylic acids is 2. The van der Waals surface area contributed by atoms with Crippen LogP contribution in [0, 0.1) is 0 Å². The molecule has 2 N–H and O–H groups in total. The number of anilines is 1. The van der Waals surface area contributed by atoms with E-state index in [1.165, 1.54) is 4.57 Å². The maximum Gasteiger partial charge on any atom is 0.338 e. The van der Waals surface area contributed by atoms with Crippen LogP contribution in [0.2, 0.25) is 0 Å². The Labute approximate surface area is 173 Å². The van der Waals surface area contributed by atoms with E-state index in [2.05, 4.69) is 5.32 Å². The lowest BCUT2D eigenvalue weighted by Gasteiger charge is -2.15. The molecule has 156 valence electrons. The molecular formula is C23H24N2O5. The lowest BCUT2D eigenvalue weighted by molar-refractivity contribution is 0.0505. The Morgan fingerprint density at radius 3 is 2.40 bits per heavy atom. The maximum atomic E-state index is 12.9. The first kappa shape index (κ1) is 21.1. The van der Waals surface area contributed by atoms with Crippen molar-refractivity contribution in [2.75, 3.05) is 11.9 Å². The summed E-state index contributed by atoms with van der Waals surface area (Å²) in [5.74, 6) is -1.62. The van der Waals surface area contributed by atoms with Crippen LogP contribution in [-0.4, -0.2) is 28.2 Å². The Balaban J connectivity index is 1.93. The number of aryl methyl sites for hydroxylation is 1. The van der Waals surface area contributed by atoms with Crippen molar-refractivity contribution >= 4 is 28.5 Å². The van der Waals surface area contributed by atoms with Gasteiger partial charge in [-0.3, -0.25) is 9.59 Å². The summed E-state index contributed by atoms with van der Waals surface area (Å²) < 4.78 is 6.55. The van der Waals surface area contributed by atoms with Crippen LogP contribution in [0.1, 0.15) is 47.4 Å². The van der Waals surface area contributed by atoms with Crippen molar-refractivity contribution in [3.05, 3.63) is 70.0 Å². The van der Waals surface area contributed by atoms with Crippen molar-refractivity contribution in [1.29, 1.82) is 0 Å². The minimum Gasteiger partial charge on any atom is -0.502 e. The first-order valence-corrected chi connectivity index (χ1v) is 9.91. The van der Waals surface area contributed by atoms with Crippen LogP contribution in [0.4, 0.5) is 5.69 Å². The van der Waals surface area contributed by atoms with Crippen molar-refractivity contribution in [1.82, 2.24) is 4.57 Å². The molecule has 0 aliphatic heterocycles. The summed E-state index contributed by atoms with van der Waals surface area (Å²) in [5.41, 5.74) is 0.704. The van der Waals surface area contributed by atoms with Crippen molar-refractivity contribution < 1.29 is 19.4 Å². The minimum atomic E-state index is -0.606. The van der Waals surface area contributed by atoms with E-state index < -0.39 is 23.2 Å². The number of aromatic nitrogens is 1. The second-order valence-electron chi connectivity index (χ2n) is 6.86. The largest absolute Gasteiger partial charge is 0.502 e. The number of rotatable bonds is 7. The molecule has 0 saturated heterocycles. The lowest BCUT2D eigenvalue weighted by atomic mass is 10.1. The molecule has 0 atom stereocenters. The van der Waals surface area contributed by atoms with Gasteiger partial charge in [0.15, 0.2) is 5.75 Å². The molecule has 1 aromatic heterocycles. The van der Waals surface area contributed by atoms with E-state index in [-0.39, 0.29) is 5.56 Å². The summed E-state index contributed by atoms with van der Waals surface area (Å²) >= 11 is 0. The second kappa shape index (κ2) is 9.26. The predicted molar refractivity (Wildman–Crippen MR) is 115 cm³/mol. The molecule has 7 nitrogen and oxygen atoms in total. The van der Waals surface area contributed by atoms with E-state index in [4.69, 9.17) is 4.74 Å². The van der Waals surface area contributed by atoms with Gasteiger partial charge in [0.1, 0.15) is 0 Å². The number of benzene rings is 2. The van der Waals surface area contributed by atoms with Gasteiger partial charge in [-0.05, 0) is 43.2 Å². The second-order valence-corrected chi connectivity index (χ2v) is 6.86. The molecule has 0 fully saturated rings. The fourth-order valence-electron chi connectivity index (χ4n) is 3.23. The predicted octanol–water partition coefficient (Wildman–Crippen LogP) is 3.94. The molecule has 7 heteroatoms. The molecule has 0 unspecified atom stereocenters.